The molecule has 4 heteroatoms. The first kappa shape index (κ1) is 14.5. The SMILES string of the molecule is CCc1ccsc1CNCc1ccc(Cl)c2cccnc12. The summed E-state index contributed by atoms with van der Waals surface area (Å²) >= 11 is 8.04. The van der Waals surface area contributed by atoms with Crippen LogP contribution in [-0.2, 0) is 19.5 Å². The topological polar surface area (TPSA) is 24.9 Å². The Bertz CT molecular complexity index is 751. The van der Waals surface area contributed by atoms with E-state index in [-0.39, 0.29) is 0 Å². The predicted octanol–water partition coefficient (Wildman–Crippen LogP) is 4.80. The second-order valence-electron chi connectivity index (χ2n) is 4.93. The molecule has 0 fully saturated rings. The highest BCUT2D eigenvalue weighted by atomic mass is 35.5. The highest BCUT2D eigenvalue weighted by molar-refractivity contribution is 7.10. The molecule has 0 saturated heterocycles. The lowest BCUT2D eigenvalue weighted by molar-refractivity contribution is 0.699. The van der Waals surface area contributed by atoms with Crippen molar-refractivity contribution in [3.05, 3.63) is 62.9 Å². The van der Waals surface area contributed by atoms with Crippen LogP contribution in [0.4, 0.5) is 0 Å². The van der Waals surface area contributed by atoms with Crippen molar-refractivity contribution in [3.63, 3.8) is 0 Å². The number of halogens is 1. The van der Waals surface area contributed by atoms with Crippen LogP contribution in [0.15, 0.2) is 41.9 Å². The predicted molar refractivity (Wildman–Crippen MR) is 91.0 cm³/mol. The molecule has 0 bridgehead atoms. The zero-order valence-corrected chi connectivity index (χ0v) is 13.5. The molecular formula is C17H17ClN2S. The molecule has 2 aromatic heterocycles. The van der Waals surface area contributed by atoms with Crippen LogP contribution in [0.25, 0.3) is 10.9 Å². The molecular weight excluding hydrogens is 300 g/mol. The Morgan fingerprint density at radius 3 is 2.90 bits per heavy atom. The van der Waals surface area contributed by atoms with Gasteiger partial charge in [-0.1, -0.05) is 24.6 Å². The summed E-state index contributed by atoms with van der Waals surface area (Å²) in [5, 5.41) is 7.45. The van der Waals surface area contributed by atoms with E-state index in [1.807, 2.05) is 35.7 Å². The summed E-state index contributed by atoms with van der Waals surface area (Å²) in [5.41, 5.74) is 3.61. The number of hydrogen-bond acceptors (Lipinski definition) is 3. The van der Waals surface area contributed by atoms with Crippen LogP contribution in [0.1, 0.15) is 22.9 Å². The minimum atomic E-state index is 0.758. The fourth-order valence-electron chi connectivity index (χ4n) is 2.49. The fourth-order valence-corrected chi connectivity index (χ4v) is 3.65. The molecule has 3 rings (SSSR count). The van der Waals surface area contributed by atoms with Crippen molar-refractivity contribution in [1.29, 1.82) is 0 Å². The van der Waals surface area contributed by atoms with Gasteiger partial charge in [0.2, 0.25) is 0 Å². The average molecular weight is 317 g/mol. The zero-order valence-electron chi connectivity index (χ0n) is 11.9. The summed E-state index contributed by atoms with van der Waals surface area (Å²) in [5.74, 6) is 0. The minimum Gasteiger partial charge on any atom is -0.308 e. The largest absolute Gasteiger partial charge is 0.308 e. The van der Waals surface area contributed by atoms with Gasteiger partial charge in [0.05, 0.1) is 5.52 Å². The summed E-state index contributed by atoms with van der Waals surface area (Å²) in [6.45, 7) is 3.89. The first-order chi connectivity index (χ1) is 10.3. The molecule has 0 atom stereocenters. The number of benzene rings is 1. The summed E-state index contributed by atoms with van der Waals surface area (Å²) in [6, 6.07) is 10.2. The Hall–Kier alpha value is -1.42. The van der Waals surface area contributed by atoms with Gasteiger partial charge in [-0.2, -0.15) is 0 Å². The molecule has 0 aliphatic carbocycles. The highest BCUT2D eigenvalue weighted by Gasteiger charge is 2.06. The van der Waals surface area contributed by atoms with Crippen molar-refractivity contribution in [2.24, 2.45) is 0 Å². The van der Waals surface area contributed by atoms with Crippen molar-refractivity contribution in [1.82, 2.24) is 10.3 Å². The van der Waals surface area contributed by atoms with Crippen molar-refractivity contribution in [2.75, 3.05) is 0 Å². The van der Waals surface area contributed by atoms with E-state index in [1.54, 1.807) is 0 Å². The normalized spacial score (nSPS) is 11.1. The molecule has 3 aromatic rings. The Morgan fingerprint density at radius 1 is 1.14 bits per heavy atom. The first-order valence-electron chi connectivity index (χ1n) is 7.07. The Morgan fingerprint density at radius 2 is 2.05 bits per heavy atom. The lowest BCUT2D eigenvalue weighted by Gasteiger charge is -2.09. The van der Waals surface area contributed by atoms with E-state index in [2.05, 4.69) is 34.7 Å². The Balaban J connectivity index is 1.75. The van der Waals surface area contributed by atoms with Crippen LogP contribution in [-0.4, -0.2) is 4.98 Å². The molecule has 0 amide bonds. The van der Waals surface area contributed by atoms with Crippen LogP contribution in [0.2, 0.25) is 5.02 Å². The van der Waals surface area contributed by atoms with Crippen LogP contribution in [0.3, 0.4) is 0 Å². The van der Waals surface area contributed by atoms with Crippen molar-refractivity contribution >= 4 is 33.8 Å². The van der Waals surface area contributed by atoms with Crippen molar-refractivity contribution in [2.45, 2.75) is 26.4 Å². The lowest BCUT2D eigenvalue weighted by Crippen LogP contribution is -2.13. The molecule has 0 unspecified atom stereocenters. The third-order valence-corrected chi connectivity index (χ3v) is 4.91. The number of pyridine rings is 1. The molecule has 0 aliphatic heterocycles. The van der Waals surface area contributed by atoms with Crippen molar-refractivity contribution in [3.8, 4) is 0 Å². The number of fused-ring (bicyclic) bond motifs is 1. The standard InChI is InChI=1S/C17H17ClN2S/c1-2-12-7-9-21-16(12)11-19-10-13-5-6-15(18)14-4-3-8-20-17(13)14/h3-9,19H,2,10-11H2,1H3. The molecule has 0 aliphatic rings. The van der Waals surface area contributed by atoms with Crippen LogP contribution >= 0.6 is 22.9 Å². The summed E-state index contributed by atoms with van der Waals surface area (Å²) in [7, 11) is 0. The molecule has 2 nitrogen and oxygen atoms in total. The number of aryl methyl sites for hydroxylation is 1. The number of hydrogen-bond donors (Lipinski definition) is 1. The van der Waals surface area contributed by atoms with Gasteiger partial charge in [0.25, 0.3) is 0 Å². The minimum absolute atomic E-state index is 0.758. The molecule has 0 spiro atoms. The maximum atomic E-state index is 6.23. The Labute approximate surface area is 133 Å². The summed E-state index contributed by atoms with van der Waals surface area (Å²) in [4.78, 5) is 5.89. The van der Waals surface area contributed by atoms with E-state index in [9.17, 15) is 0 Å². The van der Waals surface area contributed by atoms with Crippen LogP contribution in [0, 0.1) is 0 Å². The first-order valence-corrected chi connectivity index (χ1v) is 8.33. The number of nitrogens with zero attached hydrogens (tertiary/aromatic N) is 1. The monoisotopic (exact) mass is 316 g/mol. The maximum absolute atomic E-state index is 6.23. The van der Waals surface area contributed by atoms with Gasteiger partial charge in [-0.25, -0.2) is 0 Å². The van der Waals surface area contributed by atoms with Gasteiger partial charge in [0.15, 0.2) is 0 Å². The fraction of sp³-hybridized carbons (Fsp3) is 0.235. The Kier molecular flexibility index (Phi) is 4.54. The van der Waals surface area contributed by atoms with Gasteiger partial charge >= 0.3 is 0 Å². The number of nitrogens with one attached hydrogen (secondary N) is 1. The summed E-state index contributed by atoms with van der Waals surface area (Å²) in [6.07, 6.45) is 2.91. The smallest absolute Gasteiger partial charge is 0.0761 e. The van der Waals surface area contributed by atoms with E-state index in [4.69, 9.17) is 11.6 Å². The number of rotatable bonds is 5. The van der Waals surface area contributed by atoms with Crippen LogP contribution in [0.5, 0.6) is 0 Å². The lowest BCUT2D eigenvalue weighted by atomic mass is 10.1. The molecule has 108 valence electrons. The molecule has 1 N–H and O–H groups in total. The third-order valence-electron chi connectivity index (χ3n) is 3.62. The van der Waals surface area contributed by atoms with Gasteiger partial charge in [0.1, 0.15) is 0 Å². The van der Waals surface area contributed by atoms with E-state index in [0.29, 0.717) is 0 Å². The molecule has 0 radical (unpaired) electrons. The third kappa shape index (κ3) is 3.10. The number of aromatic nitrogens is 1. The molecule has 2 heterocycles. The molecule has 1 aromatic carbocycles. The average Bonchev–Trinajstić information content (AvgIpc) is 2.97. The van der Waals surface area contributed by atoms with E-state index < -0.39 is 0 Å². The van der Waals surface area contributed by atoms with Gasteiger partial charge < -0.3 is 5.32 Å². The maximum Gasteiger partial charge on any atom is 0.0761 e. The van der Waals surface area contributed by atoms with E-state index >= 15 is 0 Å². The quantitative estimate of drug-likeness (QED) is 0.731. The van der Waals surface area contributed by atoms with Gasteiger partial charge in [-0.15, -0.1) is 11.3 Å². The number of thiophene rings is 1. The van der Waals surface area contributed by atoms with Crippen molar-refractivity contribution < 1.29 is 0 Å². The van der Waals surface area contributed by atoms with Gasteiger partial charge in [0, 0.05) is 34.6 Å². The summed E-state index contributed by atoms with van der Waals surface area (Å²) < 4.78 is 0. The highest BCUT2D eigenvalue weighted by Crippen LogP contribution is 2.25. The van der Waals surface area contributed by atoms with Gasteiger partial charge in [-0.3, -0.25) is 4.98 Å². The van der Waals surface area contributed by atoms with Crippen LogP contribution < -0.4 is 5.32 Å². The molecule has 0 saturated carbocycles. The van der Waals surface area contributed by atoms with Gasteiger partial charge in [-0.05, 0) is 47.2 Å². The van der Waals surface area contributed by atoms with E-state index in [1.165, 1.54) is 16.0 Å². The van der Waals surface area contributed by atoms with E-state index in [0.717, 1.165) is 35.4 Å². The second kappa shape index (κ2) is 6.56. The second-order valence-corrected chi connectivity index (χ2v) is 6.34. The zero-order chi connectivity index (χ0) is 14.7. The molecule has 21 heavy (non-hydrogen) atoms.